The summed E-state index contributed by atoms with van der Waals surface area (Å²) < 4.78 is 0. The maximum absolute atomic E-state index is 5.68. The van der Waals surface area contributed by atoms with E-state index in [1.54, 1.807) is 12.4 Å². The smallest absolute Gasteiger partial charge is 0.0890 e. The largest absolute Gasteiger partial charge is 0.378 e. The van der Waals surface area contributed by atoms with Crippen molar-refractivity contribution in [2.75, 3.05) is 49.5 Å². The summed E-state index contributed by atoms with van der Waals surface area (Å²) in [7, 11) is 0. The molecule has 3 aromatic rings. The first-order valence-electron chi connectivity index (χ1n) is 9.38. The second-order valence-corrected chi connectivity index (χ2v) is 6.74. The Hall–Kier alpha value is -2.77. The third-order valence-corrected chi connectivity index (χ3v) is 4.97. The van der Waals surface area contributed by atoms with Gasteiger partial charge < -0.3 is 16.0 Å². The Balaban J connectivity index is 1.45. The number of nitrogens with one attached hydrogen (secondary N) is 1. The molecule has 1 aromatic carbocycles. The molecule has 0 saturated carbocycles. The number of hydrogen-bond donors (Lipinski definition) is 2. The third kappa shape index (κ3) is 4.15. The van der Waals surface area contributed by atoms with E-state index in [4.69, 9.17) is 5.73 Å². The third-order valence-electron chi connectivity index (χ3n) is 4.97. The maximum atomic E-state index is 5.68. The molecule has 7 nitrogen and oxygen atoms in total. The van der Waals surface area contributed by atoms with Crippen LogP contribution in [0.5, 0.6) is 0 Å². The van der Waals surface area contributed by atoms with E-state index in [2.05, 4.69) is 48.3 Å². The Labute approximate surface area is 159 Å². The van der Waals surface area contributed by atoms with Gasteiger partial charge in [-0.3, -0.25) is 19.9 Å². The van der Waals surface area contributed by atoms with Crippen LogP contribution in [-0.2, 0) is 6.54 Å². The molecule has 3 N–H and O–H groups in total. The Kier molecular flexibility index (Phi) is 5.41. The van der Waals surface area contributed by atoms with Crippen molar-refractivity contribution in [1.29, 1.82) is 0 Å². The van der Waals surface area contributed by atoms with Gasteiger partial charge in [0.15, 0.2) is 0 Å². The van der Waals surface area contributed by atoms with Crippen LogP contribution in [0.4, 0.5) is 11.4 Å². The number of nitrogens with two attached hydrogens (primary N) is 1. The number of fused-ring (bicyclic) bond motifs is 1. The highest BCUT2D eigenvalue weighted by molar-refractivity contribution is 5.75. The van der Waals surface area contributed by atoms with E-state index in [1.807, 2.05) is 18.5 Å². The Morgan fingerprint density at radius 1 is 0.963 bits per heavy atom. The Morgan fingerprint density at radius 2 is 1.78 bits per heavy atom. The molecule has 0 spiro atoms. The van der Waals surface area contributed by atoms with Crippen LogP contribution in [0, 0.1) is 0 Å². The number of benzene rings is 1. The monoisotopic (exact) mass is 363 g/mol. The lowest BCUT2D eigenvalue weighted by Gasteiger charge is -2.36. The standard InChI is InChI=1S/C20H25N7/c21-4-8-26-9-11-27(12-10-26)20-3-5-22-15-19(20)25-14-16-1-2-17-18(13-16)24-7-6-23-17/h1-3,5-7,13,15,25H,4,8-12,14,21H2. The Bertz CT molecular complexity index is 890. The SMILES string of the molecule is NCCN1CCN(c2ccncc2NCc2ccc3nccnc3c2)CC1. The van der Waals surface area contributed by atoms with Gasteiger partial charge in [-0.05, 0) is 23.8 Å². The van der Waals surface area contributed by atoms with Gasteiger partial charge in [0.05, 0.1) is 28.6 Å². The zero-order valence-electron chi connectivity index (χ0n) is 15.4. The number of anilines is 2. The van der Waals surface area contributed by atoms with E-state index >= 15 is 0 Å². The van der Waals surface area contributed by atoms with Crippen molar-refractivity contribution >= 4 is 22.4 Å². The van der Waals surface area contributed by atoms with Gasteiger partial charge in [0, 0.05) is 64.4 Å². The maximum Gasteiger partial charge on any atom is 0.0890 e. The normalized spacial score (nSPS) is 15.2. The number of nitrogens with zero attached hydrogens (tertiary/aromatic N) is 5. The summed E-state index contributed by atoms with van der Waals surface area (Å²) >= 11 is 0. The van der Waals surface area contributed by atoms with Gasteiger partial charge >= 0.3 is 0 Å². The average Bonchev–Trinajstić information content (AvgIpc) is 2.73. The van der Waals surface area contributed by atoms with Crippen LogP contribution in [0.3, 0.4) is 0 Å². The van der Waals surface area contributed by atoms with Crippen LogP contribution in [0.1, 0.15) is 5.56 Å². The summed E-state index contributed by atoms with van der Waals surface area (Å²) in [6.45, 7) is 6.51. The van der Waals surface area contributed by atoms with Crippen LogP contribution in [0.15, 0.2) is 49.1 Å². The molecule has 0 radical (unpaired) electrons. The minimum Gasteiger partial charge on any atom is -0.378 e. The molecule has 2 aromatic heterocycles. The van der Waals surface area contributed by atoms with Crippen molar-refractivity contribution in [3.8, 4) is 0 Å². The minimum absolute atomic E-state index is 0.720. The van der Waals surface area contributed by atoms with E-state index in [0.717, 1.165) is 62.5 Å². The molecule has 7 heteroatoms. The van der Waals surface area contributed by atoms with Gasteiger partial charge in [-0.15, -0.1) is 0 Å². The topological polar surface area (TPSA) is 83.2 Å². The second-order valence-electron chi connectivity index (χ2n) is 6.74. The van der Waals surface area contributed by atoms with Crippen LogP contribution >= 0.6 is 0 Å². The van der Waals surface area contributed by atoms with Crippen molar-refractivity contribution in [2.24, 2.45) is 5.73 Å². The average molecular weight is 363 g/mol. The van der Waals surface area contributed by atoms with Crippen LogP contribution in [0.25, 0.3) is 11.0 Å². The first-order chi connectivity index (χ1) is 13.3. The van der Waals surface area contributed by atoms with Crippen LogP contribution < -0.4 is 16.0 Å². The fourth-order valence-electron chi connectivity index (χ4n) is 3.51. The van der Waals surface area contributed by atoms with Crippen molar-refractivity contribution in [1.82, 2.24) is 19.9 Å². The number of rotatable bonds is 6. The molecule has 3 heterocycles. The summed E-state index contributed by atoms with van der Waals surface area (Å²) in [5, 5.41) is 3.54. The molecule has 1 fully saturated rings. The van der Waals surface area contributed by atoms with Gasteiger partial charge in [-0.2, -0.15) is 0 Å². The number of pyridine rings is 1. The minimum atomic E-state index is 0.720. The summed E-state index contributed by atoms with van der Waals surface area (Å²) in [5.74, 6) is 0. The lowest BCUT2D eigenvalue weighted by Crippen LogP contribution is -2.47. The molecule has 1 aliphatic rings. The van der Waals surface area contributed by atoms with E-state index in [9.17, 15) is 0 Å². The van der Waals surface area contributed by atoms with E-state index < -0.39 is 0 Å². The van der Waals surface area contributed by atoms with Gasteiger partial charge in [0.2, 0.25) is 0 Å². The molecular weight excluding hydrogens is 338 g/mol. The fraction of sp³-hybridized carbons (Fsp3) is 0.350. The summed E-state index contributed by atoms with van der Waals surface area (Å²) in [6.07, 6.45) is 7.21. The number of hydrogen-bond acceptors (Lipinski definition) is 7. The van der Waals surface area contributed by atoms with Gasteiger partial charge in [0.25, 0.3) is 0 Å². The molecule has 0 atom stereocenters. The number of aromatic nitrogens is 3. The summed E-state index contributed by atoms with van der Waals surface area (Å²) in [5.41, 5.74) is 10.9. The van der Waals surface area contributed by atoms with E-state index in [-0.39, 0.29) is 0 Å². The lowest BCUT2D eigenvalue weighted by atomic mass is 10.2. The molecule has 1 aliphatic heterocycles. The fourth-order valence-corrected chi connectivity index (χ4v) is 3.51. The highest BCUT2D eigenvalue weighted by Gasteiger charge is 2.18. The molecule has 0 amide bonds. The molecule has 4 rings (SSSR count). The molecule has 0 aliphatic carbocycles. The van der Waals surface area contributed by atoms with Gasteiger partial charge in [-0.1, -0.05) is 6.07 Å². The van der Waals surface area contributed by atoms with Crippen molar-refractivity contribution < 1.29 is 0 Å². The highest BCUT2D eigenvalue weighted by atomic mass is 15.3. The zero-order chi connectivity index (χ0) is 18.5. The van der Waals surface area contributed by atoms with Crippen LogP contribution in [0.2, 0.25) is 0 Å². The molecular formula is C20H25N7. The molecule has 0 unspecified atom stereocenters. The predicted molar refractivity (Wildman–Crippen MR) is 109 cm³/mol. The molecule has 0 bridgehead atoms. The Morgan fingerprint density at radius 3 is 2.59 bits per heavy atom. The van der Waals surface area contributed by atoms with Gasteiger partial charge in [0.1, 0.15) is 0 Å². The summed E-state index contributed by atoms with van der Waals surface area (Å²) in [6, 6.07) is 8.27. The summed E-state index contributed by atoms with van der Waals surface area (Å²) in [4.78, 5) is 17.9. The first-order valence-corrected chi connectivity index (χ1v) is 9.38. The van der Waals surface area contributed by atoms with Crippen molar-refractivity contribution in [3.05, 3.63) is 54.6 Å². The first kappa shape index (κ1) is 17.6. The van der Waals surface area contributed by atoms with Crippen molar-refractivity contribution in [2.45, 2.75) is 6.54 Å². The van der Waals surface area contributed by atoms with Gasteiger partial charge in [-0.25, -0.2) is 0 Å². The lowest BCUT2D eigenvalue weighted by molar-refractivity contribution is 0.265. The predicted octanol–water partition coefficient (Wildman–Crippen LogP) is 1.72. The van der Waals surface area contributed by atoms with E-state index in [0.29, 0.717) is 0 Å². The van der Waals surface area contributed by atoms with Crippen molar-refractivity contribution in [3.63, 3.8) is 0 Å². The quantitative estimate of drug-likeness (QED) is 0.690. The molecule has 27 heavy (non-hydrogen) atoms. The van der Waals surface area contributed by atoms with E-state index in [1.165, 1.54) is 11.3 Å². The highest BCUT2D eigenvalue weighted by Crippen LogP contribution is 2.26. The molecule has 140 valence electrons. The molecule has 1 saturated heterocycles. The number of piperazine rings is 1. The second kappa shape index (κ2) is 8.28. The zero-order valence-corrected chi connectivity index (χ0v) is 15.4. The van der Waals surface area contributed by atoms with Crippen LogP contribution in [-0.4, -0.2) is 59.1 Å².